The van der Waals surface area contributed by atoms with E-state index in [1.807, 2.05) is 30.3 Å². The summed E-state index contributed by atoms with van der Waals surface area (Å²) >= 11 is 0. The van der Waals surface area contributed by atoms with E-state index in [9.17, 15) is 14.3 Å². The van der Waals surface area contributed by atoms with Gasteiger partial charge >= 0.3 is 0 Å². The van der Waals surface area contributed by atoms with Gasteiger partial charge in [0.15, 0.2) is 0 Å². The van der Waals surface area contributed by atoms with Gasteiger partial charge in [-0.3, -0.25) is 4.79 Å². The largest absolute Gasteiger partial charge is 0.388 e. The van der Waals surface area contributed by atoms with Crippen LogP contribution < -0.4 is 0 Å². The molecule has 1 amide bonds. The summed E-state index contributed by atoms with van der Waals surface area (Å²) in [5, 5.41) is 10.4. The standard InChI is InChI=1S/C20H22FNO2/c1-14-10-16(12-17(21)11-14)20(24)22-9-5-8-18(22)13-19(23)15-6-3-2-4-7-15/h2-4,6-7,10-12,18-19,23H,5,8-9,13H2,1H3. The molecular formula is C20H22FNO2. The van der Waals surface area contributed by atoms with Gasteiger partial charge in [-0.15, -0.1) is 0 Å². The maximum atomic E-state index is 13.6. The smallest absolute Gasteiger partial charge is 0.254 e. The first-order valence-electron chi connectivity index (χ1n) is 8.36. The van der Waals surface area contributed by atoms with E-state index in [0.717, 1.165) is 24.0 Å². The molecule has 24 heavy (non-hydrogen) atoms. The van der Waals surface area contributed by atoms with E-state index in [-0.39, 0.29) is 11.9 Å². The number of benzene rings is 2. The second-order valence-corrected chi connectivity index (χ2v) is 6.47. The van der Waals surface area contributed by atoms with E-state index in [0.29, 0.717) is 18.5 Å². The summed E-state index contributed by atoms with van der Waals surface area (Å²) in [6.07, 6.45) is 1.68. The van der Waals surface area contributed by atoms with Crippen molar-refractivity contribution in [1.82, 2.24) is 4.90 Å². The first-order valence-corrected chi connectivity index (χ1v) is 8.36. The van der Waals surface area contributed by atoms with Crippen molar-refractivity contribution in [2.45, 2.75) is 38.3 Å². The molecule has 4 heteroatoms. The average Bonchev–Trinajstić information content (AvgIpc) is 3.02. The van der Waals surface area contributed by atoms with E-state index < -0.39 is 11.9 Å². The number of amides is 1. The molecule has 0 aliphatic carbocycles. The Hall–Kier alpha value is -2.20. The zero-order valence-corrected chi connectivity index (χ0v) is 13.8. The maximum absolute atomic E-state index is 13.6. The fourth-order valence-electron chi connectivity index (χ4n) is 3.44. The van der Waals surface area contributed by atoms with Crippen LogP contribution in [-0.2, 0) is 0 Å². The second-order valence-electron chi connectivity index (χ2n) is 6.47. The molecule has 1 N–H and O–H groups in total. The highest BCUT2D eigenvalue weighted by Crippen LogP contribution is 2.28. The minimum Gasteiger partial charge on any atom is -0.388 e. The Labute approximate surface area is 141 Å². The normalized spacial score (nSPS) is 18.6. The molecule has 3 rings (SSSR count). The van der Waals surface area contributed by atoms with E-state index in [2.05, 4.69) is 0 Å². The topological polar surface area (TPSA) is 40.5 Å². The quantitative estimate of drug-likeness (QED) is 0.926. The van der Waals surface area contributed by atoms with Gasteiger partial charge in [0.05, 0.1) is 6.10 Å². The van der Waals surface area contributed by atoms with Gasteiger partial charge in [0.25, 0.3) is 5.91 Å². The fraction of sp³-hybridized carbons (Fsp3) is 0.350. The fourth-order valence-corrected chi connectivity index (χ4v) is 3.44. The number of halogens is 1. The van der Waals surface area contributed by atoms with Crippen molar-refractivity contribution in [2.75, 3.05) is 6.54 Å². The number of nitrogens with zero attached hydrogens (tertiary/aromatic N) is 1. The second kappa shape index (κ2) is 7.14. The summed E-state index contributed by atoms with van der Waals surface area (Å²) < 4.78 is 13.6. The van der Waals surface area contributed by atoms with Gasteiger partial charge in [-0.2, -0.15) is 0 Å². The summed E-state index contributed by atoms with van der Waals surface area (Å²) in [4.78, 5) is 14.5. The summed E-state index contributed by atoms with van der Waals surface area (Å²) in [6.45, 7) is 2.43. The Morgan fingerprint density at radius 3 is 2.75 bits per heavy atom. The van der Waals surface area contributed by atoms with Crippen molar-refractivity contribution >= 4 is 5.91 Å². The lowest BCUT2D eigenvalue weighted by atomic mass is 10.00. The molecule has 1 aliphatic rings. The highest BCUT2D eigenvalue weighted by molar-refractivity contribution is 5.94. The van der Waals surface area contributed by atoms with Gasteiger partial charge in [0, 0.05) is 18.2 Å². The molecule has 2 aromatic rings. The Morgan fingerprint density at radius 1 is 1.29 bits per heavy atom. The first-order chi connectivity index (χ1) is 11.5. The zero-order chi connectivity index (χ0) is 17.1. The van der Waals surface area contributed by atoms with Gasteiger partial charge in [-0.25, -0.2) is 4.39 Å². The van der Waals surface area contributed by atoms with Gasteiger partial charge in [-0.1, -0.05) is 30.3 Å². The molecule has 0 saturated carbocycles. The molecule has 2 aromatic carbocycles. The monoisotopic (exact) mass is 327 g/mol. The summed E-state index contributed by atoms with van der Waals surface area (Å²) in [7, 11) is 0. The molecule has 1 fully saturated rings. The van der Waals surface area contributed by atoms with Crippen LogP contribution in [0.3, 0.4) is 0 Å². The van der Waals surface area contributed by atoms with Crippen LogP contribution in [-0.4, -0.2) is 28.5 Å². The minimum atomic E-state index is -0.598. The molecule has 2 unspecified atom stereocenters. The molecule has 0 spiro atoms. The van der Waals surface area contributed by atoms with Gasteiger partial charge in [-0.05, 0) is 55.5 Å². The number of hydrogen-bond donors (Lipinski definition) is 1. The van der Waals surface area contributed by atoms with E-state index >= 15 is 0 Å². The predicted octanol–water partition coefficient (Wildman–Crippen LogP) is 3.86. The Balaban J connectivity index is 1.74. The summed E-state index contributed by atoms with van der Waals surface area (Å²) in [6, 6.07) is 13.9. The summed E-state index contributed by atoms with van der Waals surface area (Å²) in [5.74, 6) is -0.543. The molecule has 0 bridgehead atoms. The number of aliphatic hydroxyl groups excluding tert-OH is 1. The van der Waals surface area contributed by atoms with Crippen molar-refractivity contribution in [3.8, 4) is 0 Å². The Kier molecular flexibility index (Phi) is 4.95. The third kappa shape index (κ3) is 3.65. The average molecular weight is 327 g/mol. The van der Waals surface area contributed by atoms with Crippen molar-refractivity contribution in [3.05, 3.63) is 71.0 Å². The minimum absolute atomic E-state index is 0.0173. The SMILES string of the molecule is Cc1cc(F)cc(C(=O)N2CCCC2CC(O)c2ccccc2)c1. The molecule has 1 heterocycles. The van der Waals surface area contributed by atoms with Crippen molar-refractivity contribution in [1.29, 1.82) is 0 Å². The number of carbonyl (C=O) groups is 1. The van der Waals surface area contributed by atoms with E-state index in [4.69, 9.17) is 0 Å². The predicted molar refractivity (Wildman–Crippen MR) is 91.2 cm³/mol. The van der Waals surface area contributed by atoms with Crippen LogP contribution in [0.1, 0.15) is 46.9 Å². The van der Waals surface area contributed by atoms with Crippen molar-refractivity contribution in [2.24, 2.45) is 0 Å². The highest BCUT2D eigenvalue weighted by Gasteiger charge is 2.31. The Bertz CT molecular complexity index is 697. The maximum Gasteiger partial charge on any atom is 0.254 e. The van der Waals surface area contributed by atoms with Crippen LogP contribution >= 0.6 is 0 Å². The van der Waals surface area contributed by atoms with Crippen LogP contribution in [0.2, 0.25) is 0 Å². The number of aryl methyl sites for hydroxylation is 1. The number of hydrogen-bond acceptors (Lipinski definition) is 2. The van der Waals surface area contributed by atoms with Crippen LogP contribution in [0.15, 0.2) is 48.5 Å². The molecule has 3 nitrogen and oxygen atoms in total. The number of rotatable bonds is 4. The van der Waals surface area contributed by atoms with Gasteiger partial charge < -0.3 is 10.0 Å². The number of aliphatic hydroxyl groups is 1. The van der Waals surface area contributed by atoms with E-state index in [1.54, 1.807) is 17.9 Å². The lowest BCUT2D eigenvalue weighted by Gasteiger charge is -2.27. The molecule has 126 valence electrons. The third-order valence-electron chi connectivity index (χ3n) is 4.61. The van der Waals surface area contributed by atoms with Gasteiger partial charge in [0.2, 0.25) is 0 Å². The van der Waals surface area contributed by atoms with Crippen LogP contribution in [0.25, 0.3) is 0 Å². The lowest BCUT2D eigenvalue weighted by Crippen LogP contribution is -2.36. The third-order valence-corrected chi connectivity index (χ3v) is 4.61. The molecule has 2 atom stereocenters. The molecular weight excluding hydrogens is 305 g/mol. The van der Waals surface area contributed by atoms with Crippen molar-refractivity contribution in [3.63, 3.8) is 0 Å². The molecule has 1 saturated heterocycles. The molecule has 0 aromatic heterocycles. The van der Waals surface area contributed by atoms with Crippen LogP contribution in [0.4, 0.5) is 4.39 Å². The lowest BCUT2D eigenvalue weighted by molar-refractivity contribution is 0.0666. The zero-order valence-electron chi connectivity index (χ0n) is 13.8. The molecule has 0 radical (unpaired) electrons. The molecule has 1 aliphatic heterocycles. The number of likely N-dealkylation sites (tertiary alicyclic amines) is 1. The Morgan fingerprint density at radius 2 is 2.04 bits per heavy atom. The highest BCUT2D eigenvalue weighted by atomic mass is 19.1. The first kappa shape index (κ1) is 16.7. The van der Waals surface area contributed by atoms with Crippen LogP contribution in [0, 0.1) is 12.7 Å². The summed E-state index contributed by atoms with van der Waals surface area (Å²) in [5.41, 5.74) is 1.98. The van der Waals surface area contributed by atoms with Crippen LogP contribution in [0.5, 0.6) is 0 Å². The number of carbonyl (C=O) groups excluding carboxylic acids is 1. The van der Waals surface area contributed by atoms with E-state index in [1.165, 1.54) is 12.1 Å². The van der Waals surface area contributed by atoms with Gasteiger partial charge in [0.1, 0.15) is 5.82 Å². The van der Waals surface area contributed by atoms with Crippen molar-refractivity contribution < 1.29 is 14.3 Å².